The summed E-state index contributed by atoms with van der Waals surface area (Å²) < 4.78 is 0. The maximum Gasteiger partial charge on any atom is 0.191 e. The van der Waals surface area contributed by atoms with Crippen LogP contribution in [0.5, 0.6) is 0 Å². The molecule has 2 fully saturated rings. The lowest BCUT2D eigenvalue weighted by Crippen LogP contribution is -2.44. The number of hydrogen-bond donors (Lipinski definition) is 2. The molecule has 2 unspecified atom stereocenters. The maximum atomic E-state index is 4.69. The van der Waals surface area contributed by atoms with Gasteiger partial charge in [-0.05, 0) is 51.5 Å². The van der Waals surface area contributed by atoms with Gasteiger partial charge >= 0.3 is 0 Å². The minimum atomic E-state index is 0. The molecule has 2 atom stereocenters. The van der Waals surface area contributed by atoms with E-state index < -0.39 is 0 Å². The highest BCUT2D eigenvalue weighted by atomic mass is 127. The summed E-state index contributed by atoms with van der Waals surface area (Å²) in [5.74, 6) is 2.20. The van der Waals surface area contributed by atoms with Crippen LogP contribution in [0.25, 0.3) is 0 Å². The van der Waals surface area contributed by atoms with Crippen molar-refractivity contribution in [2.45, 2.75) is 57.7 Å². The second-order valence-corrected chi connectivity index (χ2v) is 6.95. The van der Waals surface area contributed by atoms with E-state index in [1.54, 1.807) is 0 Å². The molecule has 1 saturated carbocycles. The van der Waals surface area contributed by atoms with Gasteiger partial charge in [-0.15, -0.1) is 24.0 Å². The van der Waals surface area contributed by atoms with E-state index in [1.165, 1.54) is 31.6 Å². The number of rotatable bonds is 7. The zero-order chi connectivity index (χ0) is 14.4. The molecule has 0 bridgehead atoms. The quantitative estimate of drug-likeness (QED) is 0.284. The van der Waals surface area contributed by atoms with Gasteiger partial charge in [0, 0.05) is 37.8 Å². The van der Waals surface area contributed by atoms with E-state index >= 15 is 0 Å². The van der Waals surface area contributed by atoms with E-state index in [1.807, 2.05) is 11.8 Å². The Kier molecular flexibility index (Phi) is 9.36. The van der Waals surface area contributed by atoms with Crippen LogP contribution in [0.3, 0.4) is 0 Å². The Bertz CT molecular complexity index is 323. The van der Waals surface area contributed by atoms with Crippen molar-refractivity contribution in [1.82, 2.24) is 15.5 Å². The minimum absolute atomic E-state index is 0. The molecule has 4 nitrogen and oxygen atoms in total. The van der Waals surface area contributed by atoms with Gasteiger partial charge in [-0.3, -0.25) is 9.89 Å². The van der Waals surface area contributed by atoms with Crippen LogP contribution in [-0.4, -0.2) is 60.6 Å². The van der Waals surface area contributed by atoms with Crippen LogP contribution in [-0.2, 0) is 0 Å². The smallest absolute Gasteiger partial charge is 0.191 e. The zero-order valence-electron chi connectivity index (χ0n) is 13.6. The number of nitrogens with one attached hydrogen (secondary N) is 2. The van der Waals surface area contributed by atoms with Gasteiger partial charge < -0.3 is 10.6 Å². The average molecular weight is 426 g/mol. The fraction of sp³-hybridized carbons (Fsp3) is 0.933. The number of nitrogens with zero attached hydrogens (tertiary/aromatic N) is 2. The Morgan fingerprint density at radius 1 is 1.38 bits per heavy atom. The summed E-state index contributed by atoms with van der Waals surface area (Å²) in [7, 11) is 0. The summed E-state index contributed by atoms with van der Waals surface area (Å²) in [4.78, 5) is 7.36. The Morgan fingerprint density at radius 2 is 2.14 bits per heavy atom. The lowest BCUT2D eigenvalue weighted by molar-refractivity contribution is 0.256. The van der Waals surface area contributed by atoms with Crippen LogP contribution in [0.4, 0.5) is 0 Å². The third kappa shape index (κ3) is 6.52. The third-order valence-electron chi connectivity index (χ3n) is 4.10. The lowest BCUT2D eigenvalue weighted by Gasteiger charge is -2.20. The van der Waals surface area contributed by atoms with Crippen molar-refractivity contribution in [3.05, 3.63) is 0 Å². The largest absolute Gasteiger partial charge is 0.357 e. The number of aliphatic imine (C=N–C) groups is 1. The summed E-state index contributed by atoms with van der Waals surface area (Å²) >= 11 is 1.89. The fourth-order valence-electron chi connectivity index (χ4n) is 2.99. The van der Waals surface area contributed by atoms with Crippen molar-refractivity contribution in [2.75, 3.05) is 31.6 Å². The highest BCUT2D eigenvalue weighted by Gasteiger charge is 2.38. The number of hydrogen-bond acceptors (Lipinski definition) is 3. The second-order valence-electron chi connectivity index (χ2n) is 5.96. The van der Waals surface area contributed by atoms with Gasteiger partial charge in [0.2, 0.25) is 0 Å². The predicted molar refractivity (Wildman–Crippen MR) is 105 cm³/mol. The Hall–Kier alpha value is 0.310. The molecule has 2 N–H and O–H groups in total. The molecule has 1 aliphatic carbocycles. The normalized spacial score (nSPS) is 26.5. The number of halogens is 1. The van der Waals surface area contributed by atoms with Crippen molar-refractivity contribution >= 4 is 41.7 Å². The molecular formula is C15H31IN4S. The first-order chi connectivity index (χ1) is 9.74. The summed E-state index contributed by atoms with van der Waals surface area (Å²) in [6.45, 7) is 7.53. The summed E-state index contributed by atoms with van der Waals surface area (Å²) in [5, 5.41) is 7.00. The van der Waals surface area contributed by atoms with Crippen molar-refractivity contribution in [3.8, 4) is 0 Å². The van der Waals surface area contributed by atoms with E-state index in [-0.39, 0.29) is 24.0 Å². The lowest BCUT2D eigenvalue weighted by atomic mass is 10.2. The number of thioether (sulfide) groups is 1. The number of guanidine groups is 1. The predicted octanol–water partition coefficient (Wildman–Crippen LogP) is 2.54. The molecule has 0 aromatic heterocycles. The van der Waals surface area contributed by atoms with Crippen molar-refractivity contribution in [1.29, 1.82) is 0 Å². The van der Waals surface area contributed by atoms with Gasteiger partial charge in [0.1, 0.15) is 0 Å². The molecule has 0 aromatic rings. The van der Waals surface area contributed by atoms with E-state index in [2.05, 4.69) is 40.6 Å². The molecule has 0 amide bonds. The van der Waals surface area contributed by atoms with E-state index in [0.29, 0.717) is 6.04 Å². The van der Waals surface area contributed by atoms with Gasteiger partial charge in [-0.2, -0.15) is 11.8 Å². The van der Waals surface area contributed by atoms with Gasteiger partial charge in [0.05, 0.1) is 0 Å². The summed E-state index contributed by atoms with van der Waals surface area (Å²) in [6, 6.07) is 2.15. The molecule has 21 heavy (non-hydrogen) atoms. The molecule has 0 radical (unpaired) electrons. The third-order valence-corrected chi connectivity index (χ3v) is 4.80. The second kappa shape index (κ2) is 10.2. The molecule has 6 heteroatoms. The summed E-state index contributed by atoms with van der Waals surface area (Å²) in [5.41, 5.74) is 0. The summed E-state index contributed by atoms with van der Waals surface area (Å²) in [6.07, 6.45) is 7.36. The minimum Gasteiger partial charge on any atom is -0.357 e. The Balaban J connectivity index is 0.00000220. The molecule has 1 heterocycles. The first-order valence-electron chi connectivity index (χ1n) is 8.04. The Labute approximate surface area is 151 Å². The first-order valence-corrected chi connectivity index (χ1v) is 9.43. The molecule has 124 valence electrons. The standard InChI is InChI=1S/C15H30N4S.HI/c1-4-16-15(17-8-5-9-20-3)18-13-10-12(2)19(11-13)14-6-7-14;/h12-14H,4-11H2,1-3H3,(H2,16,17,18);1H. The highest BCUT2D eigenvalue weighted by Crippen LogP contribution is 2.33. The Morgan fingerprint density at radius 3 is 2.76 bits per heavy atom. The van der Waals surface area contributed by atoms with Gasteiger partial charge in [0.15, 0.2) is 5.96 Å². The van der Waals surface area contributed by atoms with Crippen LogP contribution in [0, 0.1) is 0 Å². The molecule has 2 rings (SSSR count). The van der Waals surface area contributed by atoms with Crippen LogP contribution in [0.1, 0.15) is 39.5 Å². The molecule has 0 spiro atoms. The van der Waals surface area contributed by atoms with E-state index in [4.69, 9.17) is 0 Å². The molecule has 2 aliphatic rings. The van der Waals surface area contributed by atoms with Gasteiger partial charge in [-0.25, -0.2) is 0 Å². The highest BCUT2D eigenvalue weighted by molar-refractivity contribution is 14.0. The van der Waals surface area contributed by atoms with E-state index in [9.17, 15) is 0 Å². The van der Waals surface area contributed by atoms with Crippen LogP contribution in [0.2, 0.25) is 0 Å². The van der Waals surface area contributed by atoms with Gasteiger partial charge in [-0.1, -0.05) is 0 Å². The molecule has 0 aromatic carbocycles. The van der Waals surface area contributed by atoms with Gasteiger partial charge in [0.25, 0.3) is 0 Å². The zero-order valence-corrected chi connectivity index (χ0v) is 16.7. The first kappa shape index (κ1) is 19.4. The van der Waals surface area contributed by atoms with Crippen LogP contribution in [0.15, 0.2) is 4.99 Å². The number of likely N-dealkylation sites (tertiary alicyclic amines) is 1. The monoisotopic (exact) mass is 426 g/mol. The molecule has 1 saturated heterocycles. The van der Waals surface area contributed by atoms with Crippen molar-refractivity contribution in [3.63, 3.8) is 0 Å². The van der Waals surface area contributed by atoms with Crippen LogP contribution >= 0.6 is 35.7 Å². The van der Waals surface area contributed by atoms with Crippen LogP contribution < -0.4 is 10.6 Å². The van der Waals surface area contributed by atoms with Crippen molar-refractivity contribution < 1.29 is 0 Å². The van der Waals surface area contributed by atoms with Crippen molar-refractivity contribution in [2.24, 2.45) is 4.99 Å². The SMILES string of the molecule is CCNC(=NCCCSC)NC1CC(C)N(C2CC2)C1.I. The average Bonchev–Trinajstić information content (AvgIpc) is 3.20. The molecular weight excluding hydrogens is 395 g/mol. The van der Waals surface area contributed by atoms with E-state index in [0.717, 1.165) is 37.6 Å². The molecule has 1 aliphatic heterocycles. The maximum absolute atomic E-state index is 4.69. The topological polar surface area (TPSA) is 39.7 Å². The fourth-order valence-corrected chi connectivity index (χ4v) is 3.41.